The van der Waals surface area contributed by atoms with E-state index in [1.165, 1.54) is 0 Å². The molecule has 4 nitrogen and oxygen atoms in total. The van der Waals surface area contributed by atoms with E-state index in [-0.39, 0.29) is 11.9 Å². The summed E-state index contributed by atoms with van der Waals surface area (Å²) in [6, 6.07) is 0.106. The molecule has 1 heterocycles. The van der Waals surface area contributed by atoms with Gasteiger partial charge in [-0.2, -0.15) is 5.10 Å². The number of hydrogen-bond acceptors (Lipinski definition) is 2. The van der Waals surface area contributed by atoms with Gasteiger partial charge in [-0.15, -0.1) is 11.6 Å². The molecule has 1 aromatic heterocycles. The van der Waals surface area contributed by atoms with E-state index >= 15 is 0 Å². The lowest BCUT2D eigenvalue weighted by molar-refractivity contribution is 0.0923. The Morgan fingerprint density at radius 1 is 1.44 bits per heavy atom. The second-order valence-corrected chi connectivity index (χ2v) is 5.35. The number of nitrogens with one attached hydrogen (secondary N) is 1. The summed E-state index contributed by atoms with van der Waals surface area (Å²) in [7, 11) is 1.85. The minimum absolute atomic E-state index is 0.0538. The molecule has 0 saturated carbocycles. The molecule has 1 amide bonds. The Labute approximate surface area is 114 Å². The van der Waals surface area contributed by atoms with Crippen LogP contribution in [0.5, 0.6) is 0 Å². The Morgan fingerprint density at radius 2 is 2.06 bits per heavy atom. The third-order valence-electron chi connectivity index (χ3n) is 3.28. The predicted molar refractivity (Wildman–Crippen MR) is 74.1 cm³/mol. The van der Waals surface area contributed by atoms with Crippen LogP contribution in [0.1, 0.15) is 42.0 Å². The quantitative estimate of drug-likeness (QED) is 0.836. The molecule has 1 N–H and O–H groups in total. The van der Waals surface area contributed by atoms with Crippen molar-refractivity contribution in [3.8, 4) is 0 Å². The first-order chi connectivity index (χ1) is 8.38. The summed E-state index contributed by atoms with van der Waals surface area (Å²) in [6.07, 6.45) is 0.781. The highest BCUT2D eigenvalue weighted by Crippen LogP contribution is 2.14. The molecule has 1 aromatic rings. The lowest BCUT2D eigenvalue weighted by Crippen LogP contribution is -2.39. The largest absolute Gasteiger partial charge is 0.349 e. The fraction of sp³-hybridized carbons (Fsp3) is 0.692. The van der Waals surface area contributed by atoms with Crippen LogP contribution < -0.4 is 5.32 Å². The van der Waals surface area contributed by atoms with Gasteiger partial charge in [-0.1, -0.05) is 13.8 Å². The first kappa shape index (κ1) is 15.0. The highest BCUT2D eigenvalue weighted by molar-refractivity contribution is 6.17. The van der Waals surface area contributed by atoms with Gasteiger partial charge < -0.3 is 5.32 Å². The molecule has 0 aliphatic heterocycles. The Morgan fingerprint density at radius 3 is 2.44 bits per heavy atom. The maximum absolute atomic E-state index is 12.3. The molecule has 1 rings (SSSR count). The Kier molecular flexibility index (Phi) is 5.20. The number of amides is 1. The summed E-state index contributed by atoms with van der Waals surface area (Å²) in [4.78, 5) is 12.3. The van der Waals surface area contributed by atoms with E-state index in [1.807, 2.05) is 20.9 Å². The van der Waals surface area contributed by atoms with Crippen molar-refractivity contribution < 1.29 is 4.79 Å². The van der Waals surface area contributed by atoms with E-state index in [2.05, 4.69) is 24.3 Å². The van der Waals surface area contributed by atoms with Gasteiger partial charge >= 0.3 is 0 Å². The second kappa shape index (κ2) is 6.23. The van der Waals surface area contributed by atoms with Crippen molar-refractivity contribution in [2.45, 2.75) is 40.2 Å². The van der Waals surface area contributed by atoms with E-state index in [0.717, 1.165) is 17.8 Å². The number of hydrogen-bond donors (Lipinski definition) is 1. The standard InChI is InChI=1S/C13H22ClN3O/c1-8(2)11(6-7-14)15-13(18)12-9(3)16-17(5)10(12)4/h8,11H,6-7H2,1-5H3,(H,15,18). The Balaban J connectivity index is 2.87. The van der Waals surface area contributed by atoms with Crippen LogP contribution in [0.4, 0.5) is 0 Å². The molecule has 0 spiro atoms. The van der Waals surface area contributed by atoms with Gasteiger partial charge in [-0.3, -0.25) is 9.48 Å². The van der Waals surface area contributed by atoms with Crippen molar-refractivity contribution in [2.24, 2.45) is 13.0 Å². The molecule has 0 aliphatic rings. The first-order valence-electron chi connectivity index (χ1n) is 6.25. The van der Waals surface area contributed by atoms with Crippen molar-refractivity contribution in [2.75, 3.05) is 5.88 Å². The van der Waals surface area contributed by atoms with Crippen molar-refractivity contribution in [1.29, 1.82) is 0 Å². The number of aromatic nitrogens is 2. The van der Waals surface area contributed by atoms with Crippen LogP contribution in [-0.4, -0.2) is 27.6 Å². The van der Waals surface area contributed by atoms with Crippen LogP contribution in [0, 0.1) is 19.8 Å². The summed E-state index contributed by atoms with van der Waals surface area (Å²) in [5, 5.41) is 7.31. The van der Waals surface area contributed by atoms with E-state index in [4.69, 9.17) is 11.6 Å². The van der Waals surface area contributed by atoms with Gasteiger partial charge in [0, 0.05) is 24.7 Å². The molecular formula is C13H22ClN3O. The average molecular weight is 272 g/mol. The Bertz CT molecular complexity index is 426. The summed E-state index contributed by atoms with van der Waals surface area (Å²) < 4.78 is 1.73. The average Bonchev–Trinajstić information content (AvgIpc) is 2.52. The van der Waals surface area contributed by atoms with Crippen molar-refractivity contribution in [1.82, 2.24) is 15.1 Å². The van der Waals surface area contributed by atoms with Crippen molar-refractivity contribution in [3.63, 3.8) is 0 Å². The monoisotopic (exact) mass is 271 g/mol. The molecule has 0 fully saturated rings. The van der Waals surface area contributed by atoms with Gasteiger partial charge in [0.25, 0.3) is 5.91 Å². The van der Waals surface area contributed by atoms with Crippen molar-refractivity contribution >= 4 is 17.5 Å². The van der Waals surface area contributed by atoms with Crippen LogP contribution >= 0.6 is 11.6 Å². The molecule has 0 saturated heterocycles. The normalized spacial score (nSPS) is 12.8. The zero-order valence-corrected chi connectivity index (χ0v) is 12.5. The topological polar surface area (TPSA) is 46.9 Å². The molecule has 0 radical (unpaired) electrons. The summed E-state index contributed by atoms with van der Waals surface area (Å²) >= 11 is 5.77. The summed E-state index contributed by atoms with van der Waals surface area (Å²) in [5.41, 5.74) is 2.33. The Hall–Kier alpha value is -1.03. The predicted octanol–water partition coefficient (Wildman–Crippen LogP) is 2.42. The molecule has 18 heavy (non-hydrogen) atoms. The molecule has 0 aliphatic carbocycles. The second-order valence-electron chi connectivity index (χ2n) is 4.97. The minimum Gasteiger partial charge on any atom is -0.349 e. The van der Waals surface area contributed by atoms with Gasteiger partial charge in [0.2, 0.25) is 0 Å². The zero-order chi connectivity index (χ0) is 13.9. The first-order valence-corrected chi connectivity index (χ1v) is 6.79. The van der Waals surface area contributed by atoms with Gasteiger partial charge in [0.05, 0.1) is 11.3 Å². The van der Waals surface area contributed by atoms with Gasteiger partial charge in [0.1, 0.15) is 0 Å². The molecule has 102 valence electrons. The third kappa shape index (κ3) is 3.25. The maximum Gasteiger partial charge on any atom is 0.255 e. The number of nitrogens with zero attached hydrogens (tertiary/aromatic N) is 2. The van der Waals surface area contributed by atoms with E-state index in [1.54, 1.807) is 4.68 Å². The van der Waals surface area contributed by atoms with Crippen LogP contribution in [-0.2, 0) is 7.05 Å². The number of rotatable bonds is 5. The third-order valence-corrected chi connectivity index (χ3v) is 3.50. The fourth-order valence-electron chi connectivity index (χ4n) is 2.03. The molecule has 1 atom stereocenters. The summed E-state index contributed by atoms with van der Waals surface area (Å²) in [5.74, 6) is 0.862. The number of carbonyl (C=O) groups excluding carboxylic acids is 1. The number of alkyl halides is 1. The lowest BCUT2D eigenvalue weighted by Gasteiger charge is -2.21. The fourth-order valence-corrected chi connectivity index (χ4v) is 2.27. The van der Waals surface area contributed by atoms with Crippen molar-refractivity contribution in [3.05, 3.63) is 17.0 Å². The molecular weight excluding hydrogens is 250 g/mol. The van der Waals surface area contributed by atoms with Crippen LogP contribution in [0.2, 0.25) is 0 Å². The number of halogens is 1. The van der Waals surface area contributed by atoms with E-state index in [9.17, 15) is 4.79 Å². The van der Waals surface area contributed by atoms with Gasteiger partial charge in [-0.25, -0.2) is 0 Å². The highest BCUT2D eigenvalue weighted by atomic mass is 35.5. The SMILES string of the molecule is Cc1nn(C)c(C)c1C(=O)NC(CCCl)C(C)C. The number of carbonyl (C=O) groups is 1. The van der Waals surface area contributed by atoms with Crippen LogP contribution in [0.3, 0.4) is 0 Å². The van der Waals surface area contributed by atoms with E-state index in [0.29, 0.717) is 17.4 Å². The summed E-state index contributed by atoms with van der Waals surface area (Å²) in [6.45, 7) is 7.93. The maximum atomic E-state index is 12.3. The number of aryl methyl sites for hydroxylation is 2. The smallest absolute Gasteiger partial charge is 0.255 e. The zero-order valence-electron chi connectivity index (χ0n) is 11.7. The molecule has 0 bridgehead atoms. The molecule has 0 aromatic carbocycles. The molecule has 5 heteroatoms. The van der Waals surface area contributed by atoms with E-state index < -0.39 is 0 Å². The van der Waals surface area contributed by atoms with Crippen LogP contribution in [0.25, 0.3) is 0 Å². The highest BCUT2D eigenvalue weighted by Gasteiger charge is 2.21. The van der Waals surface area contributed by atoms with Crippen LogP contribution in [0.15, 0.2) is 0 Å². The minimum atomic E-state index is -0.0538. The molecule has 1 unspecified atom stereocenters. The van der Waals surface area contributed by atoms with Gasteiger partial charge in [-0.05, 0) is 26.2 Å². The van der Waals surface area contributed by atoms with Gasteiger partial charge in [0.15, 0.2) is 0 Å². The lowest BCUT2D eigenvalue weighted by atomic mass is 10.0.